The van der Waals surface area contributed by atoms with Crippen LogP contribution in [-0.2, 0) is 9.84 Å². The van der Waals surface area contributed by atoms with Gasteiger partial charge in [0.25, 0.3) is 5.91 Å². The molecule has 3 saturated carbocycles. The molecular weight excluding hydrogens is 566 g/mol. The van der Waals surface area contributed by atoms with Crippen LogP contribution in [0.5, 0.6) is 0 Å². The number of hydrogen-bond donors (Lipinski definition) is 3. The van der Waals surface area contributed by atoms with Gasteiger partial charge in [0, 0.05) is 17.3 Å². The SMILES string of the molecule is O=C(Nc1ccc(F)c(F)c1)c1ccc(Cl)c(S(=O)(=O)C2CC3CC(C2)C3(O)C(O)c2nc3ccccc3o2)c1. The van der Waals surface area contributed by atoms with E-state index in [9.17, 15) is 32.2 Å². The number of para-hydroxylation sites is 2. The van der Waals surface area contributed by atoms with Gasteiger partial charge in [0.2, 0.25) is 5.89 Å². The highest BCUT2D eigenvalue weighted by molar-refractivity contribution is 7.92. The zero-order valence-electron chi connectivity index (χ0n) is 20.7. The lowest BCUT2D eigenvalue weighted by atomic mass is 9.52. The first-order chi connectivity index (χ1) is 19.0. The summed E-state index contributed by atoms with van der Waals surface area (Å²) in [6.07, 6.45) is -0.772. The number of hydrogen-bond acceptors (Lipinski definition) is 7. The van der Waals surface area contributed by atoms with E-state index in [-0.39, 0.29) is 39.9 Å². The van der Waals surface area contributed by atoms with Crippen molar-refractivity contribution < 1.29 is 36.6 Å². The number of halogens is 3. The molecule has 2 bridgehead atoms. The highest BCUT2D eigenvalue weighted by atomic mass is 35.5. The van der Waals surface area contributed by atoms with E-state index in [0.717, 1.165) is 18.2 Å². The third-order valence-electron chi connectivity index (χ3n) is 8.07. The highest BCUT2D eigenvalue weighted by Gasteiger charge is 2.64. The van der Waals surface area contributed by atoms with Crippen molar-refractivity contribution in [2.75, 3.05) is 5.32 Å². The zero-order valence-corrected chi connectivity index (χ0v) is 22.3. The third-order valence-corrected chi connectivity index (χ3v) is 10.7. The first-order valence-corrected chi connectivity index (χ1v) is 14.5. The number of oxazole rings is 1. The molecule has 0 radical (unpaired) electrons. The number of anilines is 1. The number of benzene rings is 3. The Bertz CT molecular complexity index is 1720. The van der Waals surface area contributed by atoms with Crippen LogP contribution in [0.2, 0.25) is 5.02 Å². The predicted octanol–water partition coefficient (Wildman–Crippen LogP) is 5.05. The Morgan fingerprint density at radius 2 is 1.77 bits per heavy atom. The van der Waals surface area contributed by atoms with Gasteiger partial charge in [-0.1, -0.05) is 23.7 Å². The van der Waals surface area contributed by atoms with E-state index in [1.807, 2.05) is 0 Å². The average molecular weight is 589 g/mol. The summed E-state index contributed by atoms with van der Waals surface area (Å²) in [7, 11) is -4.05. The molecule has 3 aliphatic rings. The van der Waals surface area contributed by atoms with E-state index in [1.165, 1.54) is 18.2 Å². The summed E-state index contributed by atoms with van der Waals surface area (Å²) in [5.74, 6) is -4.04. The summed E-state index contributed by atoms with van der Waals surface area (Å²) in [6.45, 7) is 0. The monoisotopic (exact) mass is 588 g/mol. The lowest BCUT2D eigenvalue weighted by molar-refractivity contribution is -0.238. The van der Waals surface area contributed by atoms with E-state index in [2.05, 4.69) is 10.3 Å². The summed E-state index contributed by atoms with van der Waals surface area (Å²) < 4.78 is 59.7. The molecule has 7 rings (SSSR count). The van der Waals surface area contributed by atoms with E-state index in [4.69, 9.17) is 16.0 Å². The molecule has 8 nitrogen and oxygen atoms in total. The molecule has 3 aliphatic carbocycles. The molecule has 4 aromatic rings. The largest absolute Gasteiger partial charge is 0.438 e. The standard InChI is InChI=1S/C28H23ClF2N2O6S/c29-19-7-5-14(26(35)32-17-6-8-20(30)21(31)13-17)9-24(19)40(37,38)18-11-15-10-16(12-18)28(15,36)25(34)27-33-22-3-1-2-4-23(22)39-27/h1-9,13,15-16,18,25,34,36H,10-12H2,(H,32,35). The Hall–Kier alpha value is -3.38. The van der Waals surface area contributed by atoms with Gasteiger partial charge < -0.3 is 19.9 Å². The molecule has 0 saturated heterocycles. The first kappa shape index (κ1) is 26.8. The Labute approximate surface area is 232 Å². The van der Waals surface area contributed by atoms with Gasteiger partial charge in [-0.25, -0.2) is 22.2 Å². The van der Waals surface area contributed by atoms with Crippen LogP contribution in [-0.4, -0.2) is 40.4 Å². The van der Waals surface area contributed by atoms with Gasteiger partial charge in [-0.05, 0) is 73.6 Å². The molecule has 0 aliphatic heterocycles. The number of aliphatic hydroxyl groups excluding tert-OH is 1. The molecular formula is C28H23ClF2N2O6S. The Morgan fingerprint density at radius 1 is 1.05 bits per heavy atom. The summed E-state index contributed by atoms with van der Waals surface area (Å²) >= 11 is 6.26. The topological polar surface area (TPSA) is 130 Å². The number of nitrogens with one attached hydrogen (secondary N) is 1. The second kappa shape index (κ2) is 9.62. The van der Waals surface area contributed by atoms with Crippen molar-refractivity contribution in [1.29, 1.82) is 0 Å². The number of sulfone groups is 1. The van der Waals surface area contributed by atoms with Crippen LogP contribution in [0, 0.1) is 23.5 Å². The number of carbonyl (C=O) groups excluding carboxylic acids is 1. The van der Waals surface area contributed by atoms with Gasteiger partial charge in [-0.3, -0.25) is 4.79 Å². The molecule has 0 spiro atoms. The van der Waals surface area contributed by atoms with Gasteiger partial charge in [-0.15, -0.1) is 0 Å². The van der Waals surface area contributed by atoms with Crippen molar-refractivity contribution in [3.05, 3.63) is 88.8 Å². The van der Waals surface area contributed by atoms with Crippen LogP contribution in [0.3, 0.4) is 0 Å². The molecule has 1 aromatic heterocycles. The molecule has 1 heterocycles. The number of rotatable bonds is 6. The summed E-state index contributed by atoms with van der Waals surface area (Å²) in [5.41, 5.74) is -0.645. The fourth-order valence-electron chi connectivity index (χ4n) is 5.92. The minimum Gasteiger partial charge on any atom is -0.438 e. The molecule has 208 valence electrons. The number of aromatic nitrogens is 1. The number of fused-ring (bicyclic) bond motifs is 3. The highest BCUT2D eigenvalue weighted by Crippen LogP contribution is 2.60. The second-order valence-corrected chi connectivity index (χ2v) is 12.9. The lowest BCUT2D eigenvalue weighted by Gasteiger charge is -2.59. The Morgan fingerprint density at radius 3 is 2.48 bits per heavy atom. The zero-order chi connectivity index (χ0) is 28.4. The number of carbonyl (C=O) groups is 1. The van der Waals surface area contributed by atoms with Gasteiger partial charge in [0.15, 0.2) is 33.2 Å². The smallest absolute Gasteiger partial charge is 0.255 e. The van der Waals surface area contributed by atoms with Crippen LogP contribution in [0.4, 0.5) is 14.5 Å². The minimum absolute atomic E-state index is 0.00703. The van der Waals surface area contributed by atoms with Crippen molar-refractivity contribution >= 4 is 44.1 Å². The van der Waals surface area contributed by atoms with Gasteiger partial charge in [-0.2, -0.15) is 0 Å². The minimum atomic E-state index is -4.05. The lowest BCUT2D eigenvalue weighted by Crippen LogP contribution is -2.64. The number of amides is 1. The molecule has 3 N–H and O–H groups in total. The molecule has 12 heteroatoms. The molecule has 1 amide bonds. The van der Waals surface area contributed by atoms with Gasteiger partial charge in [0.05, 0.1) is 15.2 Å². The molecule has 40 heavy (non-hydrogen) atoms. The molecule has 3 atom stereocenters. The maximum Gasteiger partial charge on any atom is 0.255 e. The van der Waals surface area contributed by atoms with Crippen molar-refractivity contribution in [2.45, 2.75) is 41.1 Å². The van der Waals surface area contributed by atoms with Crippen LogP contribution < -0.4 is 5.32 Å². The normalized spacial score (nSPS) is 24.9. The molecule has 3 unspecified atom stereocenters. The summed E-state index contributed by atoms with van der Waals surface area (Å²) in [4.78, 5) is 16.8. The summed E-state index contributed by atoms with van der Waals surface area (Å²) in [5, 5.41) is 23.9. The second-order valence-electron chi connectivity index (χ2n) is 10.3. The van der Waals surface area contributed by atoms with E-state index in [0.29, 0.717) is 17.5 Å². The van der Waals surface area contributed by atoms with Gasteiger partial charge >= 0.3 is 0 Å². The van der Waals surface area contributed by atoms with Crippen molar-refractivity contribution in [2.24, 2.45) is 11.8 Å². The fraction of sp³-hybridized carbons (Fsp3) is 0.286. The maximum atomic E-state index is 13.7. The average Bonchev–Trinajstić information content (AvgIpc) is 3.38. The predicted molar refractivity (Wildman–Crippen MR) is 141 cm³/mol. The molecule has 3 aromatic carbocycles. The molecule has 3 fully saturated rings. The summed E-state index contributed by atoms with van der Waals surface area (Å²) in [6, 6.07) is 13.6. The van der Waals surface area contributed by atoms with Crippen molar-refractivity contribution in [3.63, 3.8) is 0 Å². The van der Waals surface area contributed by atoms with Crippen LogP contribution in [0.15, 0.2) is 70.0 Å². The third kappa shape index (κ3) is 4.28. The number of aliphatic hydroxyl groups is 2. The van der Waals surface area contributed by atoms with Crippen LogP contribution in [0.1, 0.15) is 41.6 Å². The van der Waals surface area contributed by atoms with Crippen LogP contribution >= 0.6 is 11.6 Å². The van der Waals surface area contributed by atoms with Crippen molar-refractivity contribution in [3.8, 4) is 0 Å². The van der Waals surface area contributed by atoms with Gasteiger partial charge in [0.1, 0.15) is 11.1 Å². The van der Waals surface area contributed by atoms with E-state index >= 15 is 0 Å². The van der Waals surface area contributed by atoms with E-state index in [1.54, 1.807) is 24.3 Å². The quantitative estimate of drug-likeness (QED) is 0.287. The first-order valence-electron chi connectivity index (χ1n) is 12.5. The Kier molecular flexibility index (Phi) is 6.45. The number of nitrogens with zero attached hydrogens (tertiary/aromatic N) is 1. The van der Waals surface area contributed by atoms with E-state index < -0.39 is 56.2 Å². The Balaban J connectivity index is 1.21. The maximum absolute atomic E-state index is 13.7. The van der Waals surface area contributed by atoms with Crippen LogP contribution in [0.25, 0.3) is 11.1 Å². The fourth-order valence-corrected chi connectivity index (χ4v) is 8.32. The van der Waals surface area contributed by atoms with Crippen molar-refractivity contribution in [1.82, 2.24) is 4.98 Å².